The number of para-hydroxylation sites is 1. The zero-order valence-corrected chi connectivity index (χ0v) is 14.8. The number of likely N-dealkylation sites (tertiary alicyclic amines) is 1. The Balaban J connectivity index is 1.31. The van der Waals surface area contributed by atoms with Gasteiger partial charge in [0.1, 0.15) is 5.58 Å². The first-order valence-electron chi connectivity index (χ1n) is 9.03. The molecule has 130 valence electrons. The van der Waals surface area contributed by atoms with Crippen molar-refractivity contribution in [3.63, 3.8) is 0 Å². The second-order valence-corrected chi connectivity index (χ2v) is 7.20. The van der Waals surface area contributed by atoms with Crippen molar-refractivity contribution in [3.8, 4) is 0 Å². The van der Waals surface area contributed by atoms with E-state index >= 15 is 0 Å². The van der Waals surface area contributed by atoms with E-state index in [4.69, 9.17) is 4.42 Å². The van der Waals surface area contributed by atoms with Crippen LogP contribution in [0.15, 0.2) is 59.5 Å². The van der Waals surface area contributed by atoms with Crippen molar-refractivity contribution in [2.45, 2.75) is 19.5 Å². The monoisotopic (exact) mass is 335 g/mol. The first-order chi connectivity index (χ1) is 12.3. The molecule has 1 aliphatic rings. The fourth-order valence-electron chi connectivity index (χ4n) is 3.91. The van der Waals surface area contributed by atoms with Gasteiger partial charge in [0.15, 0.2) is 0 Å². The summed E-state index contributed by atoms with van der Waals surface area (Å²) in [5.41, 5.74) is 3.58. The van der Waals surface area contributed by atoms with Gasteiger partial charge in [0.2, 0.25) is 0 Å². The third-order valence-electron chi connectivity index (χ3n) is 5.07. The molecule has 3 heterocycles. The van der Waals surface area contributed by atoms with Crippen LogP contribution in [-0.2, 0) is 13.1 Å². The first kappa shape index (κ1) is 16.3. The van der Waals surface area contributed by atoms with Crippen LogP contribution < -0.4 is 0 Å². The second-order valence-electron chi connectivity index (χ2n) is 7.20. The molecule has 1 atom stereocenters. The third kappa shape index (κ3) is 3.91. The zero-order valence-electron chi connectivity index (χ0n) is 14.8. The van der Waals surface area contributed by atoms with Crippen LogP contribution in [0.1, 0.15) is 17.5 Å². The van der Waals surface area contributed by atoms with Gasteiger partial charge in [0, 0.05) is 49.5 Å². The van der Waals surface area contributed by atoms with Crippen LogP contribution >= 0.6 is 0 Å². The Kier molecular flexibility index (Phi) is 4.81. The highest BCUT2D eigenvalue weighted by atomic mass is 16.3. The minimum absolute atomic E-state index is 0.736. The highest BCUT2D eigenvalue weighted by Gasteiger charge is 2.24. The van der Waals surface area contributed by atoms with Gasteiger partial charge in [-0.25, -0.2) is 0 Å². The van der Waals surface area contributed by atoms with Gasteiger partial charge >= 0.3 is 0 Å². The first-order valence-corrected chi connectivity index (χ1v) is 9.03. The molecular formula is C21H25N3O. The summed E-state index contributed by atoms with van der Waals surface area (Å²) >= 11 is 0. The summed E-state index contributed by atoms with van der Waals surface area (Å²) < 4.78 is 5.68. The van der Waals surface area contributed by atoms with Gasteiger partial charge < -0.3 is 9.32 Å². The molecule has 0 unspecified atom stereocenters. The number of benzene rings is 1. The minimum atomic E-state index is 0.736. The molecule has 4 heteroatoms. The van der Waals surface area contributed by atoms with Crippen LogP contribution in [0.3, 0.4) is 0 Å². The number of rotatable bonds is 6. The average Bonchev–Trinajstić information content (AvgIpc) is 3.23. The molecule has 0 amide bonds. The lowest BCUT2D eigenvalue weighted by Gasteiger charge is -2.21. The lowest BCUT2D eigenvalue weighted by molar-refractivity contribution is 0.254. The largest absolute Gasteiger partial charge is 0.464 e. The molecule has 1 fully saturated rings. The van der Waals surface area contributed by atoms with Crippen molar-refractivity contribution in [2.24, 2.45) is 5.92 Å². The van der Waals surface area contributed by atoms with Gasteiger partial charge in [-0.15, -0.1) is 0 Å². The van der Waals surface area contributed by atoms with Gasteiger partial charge in [0.25, 0.3) is 0 Å². The molecule has 0 spiro atoms. The Morgan fingerprint density at radius 2 is 2.16 bits per heavy atom. The van der Waals surface area contributed by atoms with Crippen LogP contribution in [0.4, 0.5) is 0 Å². The van der Waals surface area contributed by atoms with Gasteiger partial charge in [0.05, 0.1) is 6.26 Å². The molecule has 1 saturated heterocycles. The van der Waals surface area contributed by atoms with Crippen molar-refractivity contribution in [1.82, 2.24) is 14.8 Å². The molecule has 0 bridgehead atoms. The molecule has 0 aliphatic carbocycles. The van der Waals surface area contributed by atoms with Crippen molar-refractivity contribution in [2.75, 3.05) is 26.7 Å². The van der Waals surface area contributed by atoms with Crippen LogP contribution in [0.2, 0.25) is 0 Å². The van der Waals surface area contributed by atoms with Crippen molar-refractivity contribution in [1.29, 1.82) is 0 Å². The maximum Gasteiger partial charge on any atom is 0.134 e. The number of hydrogen-bond donors (Lipinski definition) is 0. The van der Waals surface area contributed by atoms with E-state index in [0.717, 1.165) is 37.7 Å². The maximum absolute atomic E-state index is 5.68. The highest BCUT2D eigenvalue weighted by molar-refractivity contribution is 5.80. The minimum Gasteiger partial charge on any atom is -0.464 e. The topological polar surface area (TPSA) is 32.5 Å². The number of hydrogen-bond acceptors (Lipinski definition) is 4. The summed E-state index contributed by atoms with van der Waals surface area (Å²) in [5, 5.41) is 1.25. The summed E-state index contributed by atoms with van der Waals surface area (Å²) in [6.45, 7) is 5.43. The fourth-order valence-corrected chi connectivity index (χ4v) is 3.91. The lowest BCUT2D eigenvalue weighted by Crippen LogP contribution is -2.28. The quantitative estimate of drug-likeness (QED) is 0.686. The van der Waals surface area contributed by atoms with Crippen LogP contribution in [-0.4, -0.2) is 41.5 Å². The van der Waals surface area contributed by atoms with E-state index in [-0.39, 0.29) is 0 Å². The van der Waals surface area contributed by atoms with Gasteiger partial charge in [-0.2, -0.15) is 0 Å². The Bertz CT molecular complexity index is 814. The molecule has 25 heavy (non-hydrogen) atoms. The summed E-state index contributed by atoms with van der Waals surface area (Å²) in [7, 11) is 2.21. The van der Waals surface area contributed by atoms with E-state index in [2.05, 4.69) is 40.0 Å². The van der Waals surface area contributed by atoms with Gasteiger partial charge in [-0.1, -0.05) is 24.3 Å². The van der Waals surface area contributed by atoms with E-state index in [9.17, 15) is 0 Å². The molecule has 3 aromatic rings. The molecule has 1 aromatic carbocycles. The zero-order chi connectivity index (χ0) is 17.1. The summed E-state index contributed by atoms with van der Waals surface area (Å²) in [5.74, 6) is 0.736. The molecule has 0 saturated carbocycles. The molecular weight excluding hydrogens is 310 g/mol. The SMILES string of the molecule is CN(Cc1cccnc1)C[C@@H]1CCN(Cc2coc3ccccc23)C1. The number of nitrogens with zero attached hydrogens (tertiary/aromatic N) is 3. The highest BCUT2D eigenvalue weighted by Crippen LogP contribution is 2.25. The molecule has 4 nitrogen and oxygen atoms in total. The van der Waals surface area contributed by atoms with Crippen molar-refractivity contribution in [3.05, 3.63) is 66.2 Å². The maximum atomic E-state index is 5.68. The Hall–Kier alpha value is -2.17. The predicted molar refractivity (Wildman–Crippen MR) is 100 cm³/mol. The van der Waals surface area contributed by atoms with Crippen molar-refractivity contribution < 1.29 is 4.42 Å². The number of furan rings is 1. The van der Waals surface area contributed by atoms with Gasteiger partial charge in [-0.05, 0) is 43.6 Å². The van der Waals surface area contributed by atoms with Crippen LogP contribution in [0.5, 0.6) is 0 Å². The van der Waals surface area contributed by atoms with E-state index in [1.54, 1.807) is 0 Å². The Labute approximate surface area is 149 Å². The lowest BCUT2D eigenvalue weighted by atomic mass is 10.1. The smallest absolute Gasteiger partial charge is 0.134 e. The van der Waals surface area contributed by atoms with E-state index in [0.29, 0.717) is 0 Å². The molecule has 2 aromatic heterocycles. The summed E-state index contributed by atoms with van der Waals surface area (Å²) in [4.78, 5) is 9.17. The molecule has 0 N–H and O–H groups in total. The van der Waals surface area contributed by atoms with Crippen LogP contribution in [0, 0.1) is 5.92 Å². The molecule has 0 radical (unpaired) electrons. The van der Waals surface area contributed by atoms with E-state index in [1.807, 2.05) is 36.9 Å². The number of aromatic nitrogens is 1. The standard InChI is InChI=1S/C21H25N3O/c1-23(12-17-5-4-9-22-11-17)13-18-8-10-24(14-18)15-19-16-25-21-7-3-2-6-20(19)21/h2-7,9,11,16,18H,8,10,12-15H2,1H3/t18-/m0/s1. The third-order valence-corrected chi connectivity index (χ3v) is 5.07. The van der Waals surface area contributed by atoms with E-state index < -0.39 is 0 Å². The summed E-state index contributed by atoms with van der Waals surface area (Å²) in [6, 6.07) is 12.5. The summed E-state index contributed by atoms with van der Waals surface area (Å²) in [6.07, 6.45) is 6.99. The Morgan fingerprint density at radius 3 is 3.04 bits per heavy atom. The van der Waals surface area contributed by atoms with Crippen LogP contribution in [0.25, 0.3) is 11.0 Å². The Morgan fingerprint density at radius 1 is 1.24 bits per heavy atom. The average molecular weight is 335 g/mol. The molecule has 4 rings (SSSR count). The van der Waals surface area contributed by atoms with Crippen molar-refractivity contribution >= 4 is 11.0 Å². The normalized spacial score (nSPS) is 18.4. The predicted octanol–water partition coefficient (Wildman–Crippen LogP) is 3.78. The van der Waals surface area contributed by atoms with E-state index in [1.165, 1.54) is 29.5 Å². The number of pyridine rings is 1. The fraction of sp³-hybridized carbons (Fsp3) is 0.381. The number of fused-ring (bicyclic) bond motifs is 1. The molecule has 1 aliphatic heterocycles. The second kappa shape index (κ2) is 7.38. The van der Waals surface area contributed by atoms with Gasteiger partial charge in [-0.3, -0.25) is 9.88 Å².